The first-order valence-electron chi connectivity index (χ1n) is 11.7. The Balaban J connectivity index is 5.41. The molecular formula is C20H17F26N. The lowest BCUT2D eigenvalue weighted by molar-refractivity contribution is -0.433. The van der Waals surface area contributed by atoms with Crippen LogP contribution >= 0.6 is 0 Å². The maximum atomic E-state index is 13.7. The summed E-state index contributed by atoms with van der Waals surface area (Å²) < 4.78 is 342. The Morgan fingerprint density at radius 3 is 1.02 bits per heavy atom. The summed E-state index contributed by atoms with van der Waals surface area (Å²) in [4.78, 5) is 0. The van der Waals surface area contributed by atoms with Gasteiger partial charge in [-0.1, -0.05) is 0 Å². The van der Waals surface area contributed by atoms with Gasteiger partial charge in [-0.3, -0.25) is 0 Å². The molecule has 0 heterocycles. The van der Waals surface area contributed by atoms with E-state index in [1.54, 1.807) is 5.32 Å². The van der Waals surface area contributed by atoms with Gasteiger partial charge in [-0.15, -0.1) is 0 Å². The second-order valence-electron chi connectivity index (χ2n) is 9.56. The van der Waals surface area contributed by atoms with Crippen LogP contribution in [0.5, 0.6) is 0 Å². The largest absolute Gasteiger partial charge is 0.384 e. The Labute approximate surface area is 244 Å². The molecule has 0 aliphatic heterocycles. The predicted octanol–water partition coefficient (Wildman–Crippen LogP) is 9.70. The van der Waals surface area contributed by atoms with Gasteiger partial charge < -0.3 is 5.32 Å². The summed E-state index contributed by atoms with van der Waals surface area (Å²) in [6.45, 7) is -2.55. The van der Waals surface area contributed by atoms with E-state index in [1.165, 1.54) is 0 Å². The quantitative estimate of drug-likeness (QED) is 0.0963. The lowest BCUT2D eigenvalue weighted by Crippen LogP contribution is -2.71. The van der Waals surface area contributed by atoms with Gasteiger partial charge in [0.05, 0.1) is 0 Å². The van der Waals surface area contributed by atoms with E-state index >= 15 is 0 Å². The average molecular weight is 765 g/mol. The van der Waals surface area contributed by atoms with Crippen molar-refractivity contribution in [3.05, 3.63) is 0 Å². The number of hydrogen-bond donors (Lipinski definition) is 1. The molecule has 0 spiro atoms. The van der Waals surface area contributed by atoms with Crippen molar-refractivity contribution in [1.29, 1.82) is 0 Å². The fraction of sp³-hybridized carbons (Fsp3) is 1.00. The van der Waals surface area contributed by atoms with Crippen LogP contribution in [0.2, 0.25) is 0 Å². The Morgan fingerprint density at radius 1 is 0.340 bits per heavy atom. The smallest absolute Gasteiger partial charge is 0.317 e. The van der Waals surface area contributed by atoms with Crippen LogP contribution in [-0.4, -0.2) is 97.5 Å². The summed E-state index contributed by atoms with van der Waals surface area (Å²) >= 11 is 0. The number of halogens is 26. The van der Waals surface area contributed by atoms with Crippen LogP contribution in [0.1, 0.15) is 25.7 Å². The van der Waals surface area contributed by atoms with Gasteiger partial charge in [0.25, 0.3) is 0 Å². The zero-order chi connectivity index (χ0) is 38.3. The molecule has 0 fully saturated rings. The maximum absolute atomic E-state index is 13.7. The molecule has 0 aliphatic carbocycles. The van der Waals surface area contributed by atoms with E-state index in [-0.39, 0.29) is 0 Å². The second kappa shape index (κ2) is 13.8. The molecule has 0 saturated carbocycles. The molecule has 0 saturated heterocycles. The highest BCUT2D eigenvalue weighted by Crippen LogP contribution is 2.61. The Hall–Kier alpha value is -1.86. The van der Waals surface area contributed by atoms with Crippen LogP contribution in [0.4, 0.5) is 114 Å². The first-order chi connectivity index (χ1) is 20.4. The van der Waals surface area contributed by atoms with Crippen molar-refractivity contribution in [2.45, 2.75) is 110 Å². The molecule has 2 atom stereocenters. The van der Waals surface area contributed by atoms with Gasteiger partial charge in [0.15, 0.2) is 0 Å². The summed E-state index contributed by atoms with van der Waals surface area (Å²) in [5, 5.41) is 1.60. The topological polar surface area (TPSA) is 12.0 Å². The number of alkyl halides is 26. The van der Waals surface area contributed by atoms with Crippen LogP contribution in [0.15, 0.2) is 0 Å². The van der Waals surface area contributed by atoms with Crippen LogP contribution < -0.4 is 5.32 Å². The highest BCUT2D eigenvalue weighted by atomic mass is 19.4. The highest BCUT2D eigenvalue weighted by molar-refractivity contribution is 5.12. The fourth-order valence-corrected chi connectivity index (χ4v) is 3.19. The van der Waals surface area contributed by atoms with Crippen molar-refractivity contribution >= 4 is 0 Å². The third kappa shape index (κ3) is 7.66. The minimum Gasteiger partial charge on any atom is -0.317 e. The van der Waals surface area contributed by atoms with Gasteiger partial charge in [0, 0.05) is 12.8 Å². The van der Waals surface area contributed by atoms with Crippen LogP contribution in [0.25, 0.3) is 0 Å². The van der Waals surface area contributed by atoms with Crippen molar-refractivity contribution < 1.29 is 114 Å². The number of nitrogens with one attached hydrogen (secondary N) is 1. The maximum Gasteiger partial charge on any atom is 0.384 e. The zero-order valence-corrected chi connectivity index (χ0v) is 21.9. The standard InChI is InChI=1S/C20H17F26N/c21-7(8(22)14(33,34)15(35,36)9(23)24)13(31,32)11(27,28)3-1-5-47-6-2-4-12(29,30)17(39,40)19(43,44)20(45,46)18(41,42)16(37,38)10(25)26/h7-10,47H,1-6H2. The molecule has 2 unspecified atom stereocenters. The minimum atomic E-state index is -8.28. The van der Waals surface area contributed by atoms with E-state index in [2.05, 4.69) is 0 Å². The van der Waals surface area contributed by atoms with Crippen molar-refractivity contribution in [2.24, 2.45) is 0 Å². The van der Waals surface area contributed by atoms with Crippen molar-refractivity contribution in [3.8, 4) is 0 Å². The SMILES string of the molecule is FC(C(F)C(F)(F)C(F)(F)C(F)F)C(F)(F)C(F)(F)CCCNCCCC(F)(F)C(F)(F)C(F)(F)C(F)(F)C(F)(F)C(F)(F)C(F)F. The normalized spacial score (nSPS) is 17.1. The Kier molecular flexibility index (Phi) is 13.3. The molecule has 0 aliphatic rings. The van der Waals surface area contributed by atoms with Gasteiger partial charge in [-0.25, -0.2) is 26.3 Å². The van der Waals surface area contributed by atoms with Gasteiger partial charge >= 0.3 is 72.1 Å². The molecule has 1 nitrogen and oxygen atoms in total. The summed E-state index contributed by atoms with van der Waals surface area (Å²) in [5.41, 5.74) is 0. The second-order valence-corrected chi connectivity index (χ2v) is 9.56. The molecule has 0 bridgehead atoms. The van der Waals surface area contributed by atoms with Crippen LogP contribution in [0, 0.1) is 0 Å². The lowest BCUT2D eigenvalue weighted by atomic mass is 9.90. The van der Waals surface area contributed by atoms with Crippen molar-refractivity contribution in [1.82, 2.24) is 5.32 Å². The third-order valence-electron chi connectivity index (χ3n) is 6.18. The third-order valence-corrected chi connectivity index (χ3v) is 6.18. The van der Waals surface area contributed by atoms with E-state index in [4.69, 9.17) is 0 Å². The predicted molar refractivity (Wildman–Crippen MR) is 103 cm³/mol. The first-order valence-corrected chi connectivity index (χ1v) is 11.7. The van der Waals surface area contributed by atoms with Crippen molar-refractivity contribution in [2.75, 3.05) is 13.1 Å². The van der Waals surface area contributed by atoms with Gasteiger partial charge in [0.1, 0.15) is 0 Å². The molecule has 1 N–H and O–H groups in total. The van der Waals surface area contributed by atoms with E-state index in [0.717, 1.165) is 0 Å². The highest BCUT2D eigenvalue weighted by Gasteiger charge is 2.91. The van der Waals surface area contributed by atoms with Gasteiger partial charge in [0.2, 0.25) is 12.3 Å². The first kappa shape index (κ1) is 45.1. The van der Waals surface area contributed by atoms with Crippen LogP contribution in [-0.2, 0) is 0 Å². The van der Waals surface area contributed by atoms with E-state index < -0.39 is 123 Å². The van der Waals surface area contributed by atoms with E-state index in [1.807, 2.05) is 0 Å². The molecule has 47 heavy (non-hydrogen) atoms. The van der Waals surface area contributed by atoms with E-state index in [9.17, 15) is 114 Å². The molecule has 0 aromatic carbocycles. The summed E-state index contributed by atoms with van der Waals surface area (Å²) in [6.07, 6.45) is -31.0. The summed E-state index contributed by atoms with van der Waals surface area (Å²) in [6, 6.07) is 0. The molecule has 0 aromatic rings. The lowest BCUT2D eigenvalue weighted by Gasteiger charge is -2.41. The van der Waals surface area contributed by atoms with Crippen molar-refractivity contribution in [3.63, 3.8) is 0 Å². The molecule has 0 radical (unpaired) electrons. The summed E-state index contributed by atoms with van der Waals surface area (Å²) in [5.74, 6) is -72.7. The molecule has 27 heteroatoms. The minimum absolute atomic E-state index is 1.23. The Morgan fingerprint density at radius 2 is 0.660 bits per heavy atom. The van der Waals surface area contributed by atoms with Crippen LogP contribution in [0.3, 0.4) is 0 Å². The molecule has 0 aromatic heterocycles. The number of hydrogen-bond acceptors (Lipinski definition) is 1. The number of rotatable bonds is 20. The Bertz CT molecular complexity index is 1000. The molecule has 0 amide bonds. The summed E-state index contributed by atoms with van der Waals surface area (Å²) in [7, 11) is 0. The molecular weight excluding hydrogens is 748 g/mol. The molecule has 0 rings (SSSR count). The fourth-order valence-electron chi connectivity index (χ4n) is 3.19. The van der Waals surface area contributed by atoms with E-state index in [0.29, 0.717) is 0 Å². The van der Waals surface area contributed by atoms with Gasteiger partial charge in [-0.2, -0.15) is 87.8 Å². The monoisotopic (exact) mass is 765 g/mol. The molecule has 284 valence electrons. The zero-order valence-electron chi connectivity index (χ0n) is 21.9. The van der Waals surface area contributed by atoms with Gasteiger partial charge in [-0.05, 0) is 25.9 Å². The average Bonchev–Trinajstić information content (AvgIpc) is 2.90.